The van der Waals surface area contributed by atoms with E-state index in [-0.39, 0.29) is 72.9 Å². The van der Waals surface area contributed by atoms with Crippen molar-refractivity contribution in [3.63, 3.8) is 0 Å². The van der Waals surface area contributed by atoms with Gasteiger partial charge in [-0.2, -0.15) is 0 Å². The van der Waals surface area contributed by atoms with Crippen LogP contribution in [0.5, 0.6) is 0 Å². The van der Waals surface area contributed by atoms with Crippen LogP contribution in [-0.4, -0.2) is 54.6 Å². The number of aromatic nitrogens is 2. The number of benzene rings is 1. The summed E-state index contributed by atoms with van der Waals surface area (Å²) in [4.78, 5) is 110. The SMILES string of the molecule is CCCCCCCCC1C(CCCCCC)CC(CCCCCCCCN2C(=O)C=CC2=O)CC1CCCCCCCCC(CC)(CC)n1c(=O)c2cc3c(=O)n(CCCCCCCCC4CCC(CCCCCC)C(CCCCCCCC)C4CCCCCCCCC(CC)(CC)N4C(=O)C=CC4=O)c(=O)c3cc2c1=O. The highest BCUT2D eigenvalue weighted by Gasteiger charge is 2.43. The molecule has 12 nitrogen and oxygen atoms in total. The van der Waals surface area contributed by atoms with E-state index in [0.717, 1.165) is 144 Å². The van der Waals surface area contributed by atoms with Gasteiger partial charge in [-0.1, -0.05) is 357 Å². The number of nitrogens with zero attached hydrogens (tertiary/aromatic N) is 4. The average molecular weight is 1550 g/mol. The molecule has 4 heterocycles. The molecule has 634 valence electrons. The van der Waals surface area contributed by atoms with Crippen LogP contribution in [-0.2, 0) is 31.3 Å². The second-order valence-electron chi connectivity index (χ2n) is 36.9. The molecule has 3 aromatic rings. The van der Waals surface area contributed by atoms with Gasteiger partial charge in [0.2, 0.25) is 0 Å². The number of fused-ring (bicyclic) bond motifs is 2. The van der Waals surface area contributed by atoms with Crippen molar-refractivity contribution in [2.24, 2.45) is 47.3 Å². The van der Waals surface area contributed by atoms with Gasteiger partial charge in [-0.3, -0.25) is 57.3 Å². The lowest BCUT2D eigenvalue weighted by molar-refractivity contribution is -0.145. The Morgan fingerprint density at radius 1 is 0.286 bits per heavy atom. The molecule has 2 saturated carbocycles. The predicted octanol–water partition coefficient (Wildman–Crippen LogP) is 26.5. The van der Waals surface area contributed by atoms with Gasteiger partial charge in [-0.05, 0) is 156 Å². The molecule has 12 heteroatoms. The van der Waals surface area contributed by atoms with Crippen LogP contribution in [0.3, 0.4) is 0 Å². The Morgan fingerprint density at radius 2 is 0.580 bits per heavy atom. The summed E-state index contributed by atoms with van der Waals surface area (Å²) < 4.78 is 2.90. The van der Waals surface area contributed by atoms with Crippen LogP contribution in [0.25, 0.3) is 21.5 Å². The molecule has 2 aromatic heterocycles. The number of carbonyl (C=O) groups is 4. The molecule has 1 aromatic carbocycles. The molecule has 2 aliphatic heterocycles. The third-order valence-corrected chi connectivity index (χ3v) is 29.4. The van der Waals surface area contributed by atoms with E-state index in [9.17, 15) is 38.4 Å². The normalized spacial score (nSPS) is 20.5. The molecule has 0 saturated heterocycles. The van der Waals surface area contributed by atoms with E-state index in [1.54, 1.807) is 17.0 Å². The van der Waals surface area contributed by atoms with Gasteiger partial charge in [0.25, 0.3) is 45.9 Å². The number of rotatable bonds is 66. The van der Waals surface area contributed by atoms with Crippen molar-refractivity contribution in [2.75, 3.05) is 6.54 Å². The number of unbranched alkanes of at least 4 members (excludes halogenated alkanes) is 36. The second-order valence-corrected chi connectivity index (χ2v) is 36.9. The topological polar surface area (TPSA) is 153 Å². The summed E-state index contributed by atoms with van der Waals surface area (Å²) in [7, 11) is 0. The second kappa shape index (κ2) is 52.8. The Labute approximate surface area is 682 Å². The molecule has 2 aliphatic carbocycles. The first kappa shape index (κ1) is 94.4. The smallest absolute Gasteiger partial charge is 0.262 e. The molecule has 0 spiro atoms. The molecule has 7 rings (SSSR count). The van der Waals surface area contributed by atoms with Crippen molar-refractivity contribution in [3.05, 3.63) is 77.9 Å². The van der Waals surface area contributed by atoms with Crippen LogP contribution in [0.4, 0.5) is 0 Å². The Balaban J connectivity index is 0.872. The van der Waals surface area contributed by atoms with Crippen LogP contribution in [0, 0.1) is 47.3 Å². The predicted molar refractivity (Wildman–Crippen MR) is 472 cm³/mol. The number of hydrogen-bond donors (Lipinski definition) is 0. The molecule has 4 aliphatic rings. The van der Waals surface area contributed by atoms with Gasteiger partial charge < -0.3 is 0 Å². The molecule has 0 N–H and O–H groups in total. The van der Waals surface area contributed by atoms with E-state index in [1.807, 2.05) is 0 Å². The minimum Gasteiger partial charge on any atom is -0.275 e. The van der Waals surface area contributed by atoms with Crippen molar-refractivity contribution in [2.45, 2.75) is 471 Å². The molecule has 8 atom stereocenters. The molecule has 0 bridgehead atoms. The van der Waals surface area contributed by atoms with Crippen LogP contribution >= 0.6 is 0 Å². The van der Waals surface area contributed by atoms with Crippen LogP contribution < -0.4 is 22.2 Å². The lowest BCUT2D eigenvalue weighted by Crippen LogP contribution is -2.51. The van der Waals surface area contributed by atoms with E-state index >= 15 is 0 Å². The van der Waals surface area contributed by atoms with E-state index in [2.05, 4.69) is 55.4 Å². The zero-order chi connectivity index (χ0) is 80.4. The van der Waals surface area contributed by atoms with Crippen molar-refractivity contribution in [1.82, 2.24) is 18.9 Å². The number of carbonyl (C=O) groups excluding carboxylic acids is 4. The lowest BCUT2D eigenvalue weighted by Gasteiger charge is -2.44. The molecular weight excluding hydrogens is 1390 g/mol. The lowest BCUT2D eigenvalue weighted by atomic mass is 9.61. The Morgan fingerprint density at radius 3 is 0.973 bits per heavy atom. The highest BCUT2D eigenvalue weighted by Crippen LogP contribution is 2.50. The summed E-state index contributed by atoms with van der Waals surface area (Å²) in [6, 6.07) is 3.16. The van der Waals surface area contributed by atoms with E-state index in [4.69, 9.17) is 0 Å². The highest BCUT2D eigenvalue weighted by molar-refractivity contribution is 6.14. The van der Waals surface area contributed by atoms with Gasteiger partial charge in [0.1, 0.15) is 0 Å². The molecule has 0 radical (unpaired) electrons. The average Bonchev–Trinajstić information content (AvgIpc) is 1.57. The quantitative estimate of drug-likeness (QED) is 0.0400. The number of imide groups is 2. The molecule has 4 amide bonds. The van der Waals surface area contributed by atoms with Crippen LogP contribution in [0.15, 0.2) is 55.6 Å². The maximum Gasteiger partial charge on any atom is 0.262 e. The van der Waals surface area contributed by atoms with Crippen molar-refractivity contribution in [1.29, 1.82) is 0 Å². The Kier molecular flexibility index (Phi) is 44.5. The minimum absolute atomic E-state index is 0.146. The van der Waals surface area contributed by atoms with Crippen molar-refractivity contribution >= 4 is 45.2 Å². The van der Waals surface area contributed by atoms with Gasteiger partial charge in [0.15, 0.2) is 0 Å². The van der Waals surface area contributed by atoms with Gasteiger partial charge in [-0.15, -0.1) is 0 Å². The summed E-state index contributed by atoms with van der Waals surface area (Å²) in [6.45, 7) is 18.7. The zero-order valence-corrected chi connectivity index (χ0v) is 73.4. The summed E-state index contributed by atoms with van der Waals surface area (Å²) in [5.74, 6) is 6.13. The third-order valence-electron chi connectivity index (χ3n) is 29.4. The van der Waals surface area contributed by atoms with E-state index < -0.39 is 5.54 Å². The number of amides is 4. The standard InChI is InChI=1S/C100H166N4O8/c1-9-17-21-25-38-50-62-84-82(60-47-24-20-12-4)75-79(57-45-35-29-33-43-55-73-101-91(105)67-68-92(101)106)76-83(84)61-49-37-27-31-42-54-72-100(15-7,16-8)104-97(111)89-77-87-88(78-90(89)98(104)112)96(110)102(95(87)109)74-56-44-34-30-36-48-59-81-66-65-80(58-46-23-19-11-3)85(63-51-39-26-22-18-10-2)86(81)64-52-40-28-32-41-53-71-99(13-5,14-6)103-93(107)69-70-94(103)108/h67-70,77-86H,9-66,71-76H2,1-8H3. The van der Waals surface area contributed by atoms with Gasteiger partial charge in [-0.25, -0.2) is 0 Å². The number of hydrogen-bond acceptors (Lipinski definition) is 8. The monoisotopic (exact) mass is 1550 g/mol. The molecule has 8 unspecified atom stereocenters. The first-order chi connectivity index (χ1) is 54.6. The van der Waals surface area contributed by atoms with Crippen molar-refractivity contribution in [3.8, 4) is 0 Å². The molecular formula is C100H166N4O8. The van der Waals surface area contributed by atoms with Crippen LogP contribution in [0.1, 0.15) is 453 Å². The van der Waals surface area contributed by atoms with Gasteiger partial charge >= 0.3 is 0 Å². The fourth-order valence-electron chi connectivity index (χ4n) is 22.4. The Hall–Kier alpha value is -4.74. The van der Waals surface area contributed by atoms with E-state index in [1.165, 1.54) is 327 Å². The summed E-state index contributed by atoms with van der Waals surface area (Å²) in [5.41, 5.74) is -2.32. The zero-order valence-electron chi connectivity index (χ0n) is 73.4. The fraction of sp³-hybridized carbons (Fsp3) is 0.820. The maximum atomic E-state index is 14.6. The largest absolute Gasteiger partial charge is 0.275 e. The molecule has 2 fully saturated rings. The van der Waals surface area contributed by atoms with Gasteiger partial charge in [0.05, 0.1) is 32.6 Å². The fourth-order valence-corrected chi connectivity index (χ4v) is 22.4. The highest BCUT2D eigenvalue weighted by atomic mass is 16.2. The van der Waals surface area contributed by atoms with Crippen LogP contribution in [0.2, 0.25) is 0 Å². The summed E-state index contributed by atoms with van der Waals surface area (Å²) in [6.07, 6.45) is 81.8. The summed E-state index contributed by atoms with van der Waals surface area (Å²) in [5, 5.41) is 1.06. The first-order valence-electron chi connectivity index (χ1n) is 48.6. The van der Waals surface area contributed by atoms with Crippen molar-refractivity contribution < 1.29 is 19.2 Å². The third kappa shape index (κ3) is 28.5. The summed E-state index contributed by atoms with van der Waals surface area (Å²) >= 11 is 0. The molecule has 112 heavy (non-hydrogen) atoms. The first-order valence-corrected chi connectivity index (χ1v) is 48.6. The van der Waals surface area contributed by atoms with E-state index in [0.29, 0.717) is 25.9 Å². The minimum atomic E-state index is -0.627. The van der Waals surface area contributed by atoms with Gasteiger partial charge in [0, 0.05) is 37.4 Å². The Bertz CT molecular complexity index is 3330. The maximum absolute atomic E-state index is 14.6.